The van der Waals surface area contributed by atoms with Crippen molar-refractivity contribution in [1.29, 1.82) is 0 Å². The van der Waals surface area contributed by atoms with Crippen LogP contribution in [0.3, 0.4) is 0 Å². The summed E-state index contributed by atoms with van der Waals surface area (Å²) in [5, 5.41) is 0. The summed E-state index contributed by atoms with van der Waals surface area (Å²) < 4.78 is 11.5. The molecule has 1 aliphatic rings. The van der Waals surface area contributed by atoms with E-state index in [-0.39, 0.29) is 6.29 Å². The van der Waals surface area contributed by atoms with Crippen molar-refractivity contribution in [3.05, 3.63) is 22.2 Å². The van der Waals surface area contributed by atoms with Crippen LogP contribution in [0.5, 0.6) is 0 Å². The lowest BCUT2D eigenvalue weighted by Gasteiger charge is -2.18. The molecule has 0 spiro atoms. The minimum absolute atomic E-state index is 0.240. The van der Waals surface area contributed by atoms with Crippen LogP contribution in [0.2, 0.25) is 0 Å². The molecule has 0 heterocycles. The molecule has 0 aliphatic heterocycles. The molecule has 0 aromatic rings. The molecule has 0 bridgehead atoms. The summed E-state index contributed by atoms with van der Waals surface area (Å²) >= 11 is 3.51. The minimum atomic E-state index is -0.240. The van der Waals surface area contributed by atoms with Crippen molar-refractivity contribution in [2.45, 2.75) is 19.1 Å². The number of ether oxygens (including phenoxy) is 2. The number of halogens is 1. The van der Waals surface area contributed by atoms with E-state index in [9.17, 15) is 0 Å². The van der Waals surface area contributed by atoms with Gasteiger partial charge in [0, 0.05) is 24.3 Å². The van der Waals surface area contributed by atoms with Gasteiger partial charge in [0.05, 0.1) is 0 Å². The number of hydrogen-bond donors (Lipinski definition) is 0. The molecule has 68 valence electrons. The average Bonchev–Trinajstić information content (AvgIpc) is 2.10. The highest BCUT2D eigenvalue weighted by Crippen LogP contribution is 2.27. The highest BCUT2D eigenvalue weighted by Gasteiger charge is 2.15. The van der Waals surface area contributed by atoms with Gasteiger partial charge in [-0.05, 0) is 12.8 Å². The summed E-state index contributed by atoms with van der Waals surface area (Å²) in [4.78, 5) is 0. The van der Waals surface area contributed by atoms with Crippen LogP contribution < -0.4 is 0 Å². The lowest BCUT2D eigenvalue weighted by molar-refractivity contribution is -0.0729. The van der Waals surface area contributed by atoms with E-state index in [0.29, 0.717) is 0 Å². The Hall–Kier alpha value is -0.120. The molecular weight excluding hydrogens is 220 g/mol. The van der Waals surface area contributed by atoms with Gasteiger partial charge in [-0.2, -0.15) is 0 Å². The van der Waals surface area contributed by atoms with E-state index in [1.807, 2.05) is 6.08 Å². The molecule has 1 aliphatic carbocycles. The zero-order chi connectivity index (χ0) is 8.97. The molecule has 0 unspecified atom stereocenters. The number of methoxy groups -OCH3 is 2. The molecule has 0 saturated carbocycles. The second kappa shape index (κ2) is 4.80. The molecule has 0 radical (unpaired) electrons. The Kier molecular flexibility index (Phi) is 3.98. The quantitative estimate of drug-likeness (QED) is 0.697. The summed E-state index contributed by atoms with van der Waals surface area (Å²) in [5.41, 5.74) is 1.09. The Balaban J connectivity index is 2.76. The van der Waals surface area contributed by atoms with Gasteiger partial charge in [0.2, 0.25) is 0 Å². The molecule has 0 N–H and O–H groups in total. The van der Waals surface area contributed by atoms with Gasteiger partial charge in [0.1, 0.15) is 0 Å². The van der Waals surface area contributed by atoms with Crippen LogP contribution in [0.15, 0.2) is 22.2 Å². The molecule has 0 fully saturated rings. The predicted octanol–water partition coefficient (Wildman–Crippen LogP) is 2.60. The van der Waals surface area contributed by atoms with Crippen LogP contribution in [-0.2, 0) is 9.47 Å². The van der Waals surface area contributed by atoms with E-state index in [1.165, 1.54) is 4.48 Å². The summed E-state index contributed by atoms with van der Waals surface area (Å²) in [7, 11) is 3.29. The third-order valence-electron chi connectivity index (χ3n) is 1.82. The maximum atomic E-state index is 5.15. The molecule has 1 rings (SSSR count). The number of rotatable bonds is 3. The van der Waals surface area contributed by atoms with Crippen molar-refractivity contribution in [2.75, 3.05) is 14.2 Å². The number of allylic oxidation sites excluding steroid dienone is 2. The Morgan fingerprint density at radius 2 is 2.08 bits per heavy atom. The fourth-order valence-electron chi connectivity index (χ4n) is 1.21. The van der Waals surface area contributed by atoms with E-state index < -0.39 is 0 Å². The fraction of sp³-hybridized carbons (Fsp3) is 0.556. The second-order valence-corrected chi connectivity index (χ2v) is 3.56. The lowest BCUT2D eigenvalue weighted by Crippen LogP contribution is -2.16. The van der Waals surface area contributed by atoms with Crippen LogP contribution in [0.4, 0.5) is 0 Å². The summed E-state index contributed by atoms with van der Waals surface area (Å²) in [6.07, 6.45) is 6.06. The van der Waals surface area contributed by atoms with Gasteiger partial charge in [-0.3, -0.25) is 0 Å². The summed E-state index contributed by atoms with van der Waals surface area (Å²) in [5.74, 6) is 0. The topological polar surface area (TPSA) is 18.5 Å². The standard InChI is InChI=1S/C9H13BrO2/c1-11-9(12-2)7-5-3-4-6-8(7)10/h3,5,9H,4,6H2,1-2H3. The molecule has 0 atom stereocenters. The average molecular weight is 233 g/mol. The van der Waals surface area contributed by atoms with E-state index in [1.54, 1.807) is 14.2 Å². The van der Waals surface area contributed by atoms with Gasteiger partial charge in [0.25, 0.3) is 0 Å². The molecule has 2 nitrogen and oxygen atoms in total. The van der Waals surface area contributed by atoms with Crippen LogP contribution in [0, 0.1) is 0 Å². The third-order valence-corrected chi connectivity index (χ3v) is 2.68. The lowest BCUT2D eigenvalue weighted by atomic mass is 10.1. The van der Waals surface area contributed by atoms with Gasteiger partial charge in [0.15, 0.2) is 6.29 Å². The van der Waals surface area contributed by atoms with Crippen molar-refractivity contribution < 1.29 is 9.47 Å². The molecule has 0 aromatic carbocycles. The van der Waals surface area contributed by atoms with Crippen LogP contribution >= 0.6 is 15.9 Å². The van der Waals surface area contributed by atoms with Crippen LogP contribution in [0.25, 0.3) is 0 Å². The first-order valence-corrected chi connectivity index (χ1v) is 4.69. The van der Waals surface area contributed by atoms with Crippen molar-refractivity contribution in [3.8, 4) is 0 Å². The molecule has 12 heavy (non-hydrogen) atoms. The van der Waals surface area contributed by atoms with E-state index in [4.69, 9.17) is 9.47 Å². The fourth-order valence-corrected chi connectivity index (χ4v) is 1.76. The van der Waals surface area contributed by atoms with Crippen molar-refractivity contribution in [2.24, 2.45) is 0 Å². The molecular formula is C9H13BrO2. The highest BCUT2D eigenvalue weighted by molar-refractivity contribution is 9.11. The Labute approximate surface area is 81.4 Å². The van der Waals surface area contributed by atoms with Gasteiger partial charge in [-0.1, -0.05) is 28.1 Å². The molecule has 0 amide bonds. The zero-order valence-electron chi connectivity index (χ0n) is 7.34. The van der Waals surface area contributed by atoms with E-state index in [2.05, 4.69) is 22.0 Å². The van der Waals surface area contributed by atoms with Gasteiger partial charge >= 0.3 is 0 Å². The second-order valence-electron chi connectivity index (χ2n) is 2.60. The van der Waals surface area contributed by atoms with Gasteiger partial charge in [-0.15, -0.1) is 0 Å². The largest absolute Gasteiger partial charge is 0.352 e. The SMILES string of the molecule is COC(OC)C1=C(Br)CCC=C1. The molecule has 0 saturated heterocycles. The molecule has 0 aromatic heterocycles. The predicted molar refractivity (Wildman–Crippen MR) is 52.1 cm³/mol. The van der Waals surface area contributed by atoms with Crippen molar-refractivity contribution >= 4 is 15.9 Å². The normalized spacial score (nSPS) is 17.7. The van der Waals surface area contributed by atoms with Crippen LogP contribution in [-0.4, -0.2) is 20.5 Å². The Bertz CT molecular complexity index is 205. The first kappa shape index (κ1) is 9.96. The zero-order valence-corrected chi connectivity index (χ0v) is 8.93. The maximum absolute atomic E-state index is 5.15. The van der Waals surface area contributed by atoms with Crippen molar-refractivity contribution in [1.82, 2.24) is 0 Å². The maximum Gasteiger partial charge on any atom is 0.183 e. The van der Waals surface area contributed by atoms with E-state index in [0.717, 1.165) is 18.4 Å². The highest BCUT2D eigenvalue weighted by atomic mass is 79.9. The monoisotopic (exact) mass is 232 g/mol. The van der Waals surface area contributed by atoms with Gasteiger partial charge < -0.3 is 9.47 Å². The first-order chi connectivity index (χ1) is 5.79. The van der Waals surface area contributed by atoms with Crippen molar-refractivity contribution in [3.63, 3.8) is 0 Å². The van der Waals surface area contributed by atoms with E-state index >= 15 is 0 Å². The third kappa shape index (κ3) is 2.19. The summed E-state index contributed by atoms with van der Waals surface area (Å²) in [6, 6.07) is 0. The number of hydrogen-bond acceptors (Lipinski definition) is 2. The minimum Gasteiger partial charge on any atom is -0.352 e. The molecule has 3 heteroatoms. The Morgan fingerprint density at radius 1 is 1.42 bits per heavy atom. The van der Waals surface area contributed by atoms with Gasteiger partial charge in [-0.25, -0.2) is 0 Å². The van der Waals surface area contributed by atoms with Crippen LogP contribution in [0.1, 0.15) is 12.8 Å². The summed E-state index contributed by atoms with van der Waals surface area (Å²) in [6.45, 7) is 0. The first-order valence-electron chi connectivity index (χ1n) is 3.90. The smallest absolute Gasteiger partial charge is 0.183 e. The Morgan fingerprint density at radius 3 is 2.58 bits per heavy atom.